The molecule has 1 N–H and O–H groups in total. The number of nitrogens with one attached hydrogen (secondary N) is 1. The lowest BCUT2D eigenvalue weighted by Gasteiger charge is -2.16. The summed E-state index contributed by atoms with van der Waals surface area (Å²) in [5.41, 5.74) is -4.18. The van der Waals surface area contributed by atoms with Gasteiger partial charge in [0.15, 0.2) is 5.82 Å². The van der Waals surface area contributed by atoms with Gasteiger partial charge in [0.25, 0.3) is 11.9 Å². The smallest absolute Gasteiger partial charge is 0.369 e. The van der Waals surface area contributed by atoms with Crippen LogP contribution in [0.15, 0.2) is 41.7 Å². The summed E-state index contributed by atoms with van der Waals surface area (Å²) in [5.74, 6) is -2.74. The maximum absolute atomic E-state index is 13.2. The van der Waals surface area contributed by atoms with Crippen LogP contribution >= 0.6 is 0 Å². The highest BCUT2D eigenvalue weighted by Crippen LogP contribution is 2.36. The molecule has 3 rings (SSSR count). The first-order chi connectivity index (χ1) is 17.2. The molecule has 196 valence electrons. The number of benzene rings is 1. The van der Waals surface area contributed by atoms with Crippen molar-refractivity contribution in [2.24, 2.45) is 4.99 Å². The lowest BCUT2D eigenvalue weighted by molar-refractivity contribution is -0.143. The van der Waals surface area contributed by atoms with Gasteiger partial charge in [0.05, 0.1) is 23.5 Å². The monoisotopic (exact) mass is 528 g/mol. The number of aliphatic imine (C=N–C) groups is 1. The highest BCUT2D eigenvalue weighted by Gasteiger charge is 2.37. The Morgan fingerprint density at radius 3 is 2.11 bits per heavy atom. The fourth-order valence-corrected chi connectivity index (χ4v) is 2.90. The second-order valence-electron chi connectivity index (χ2n) is 7.76. The third kappa shape index (κ3) is 6.65. The Balaban J connectivity index is 1.99. The standard InChI is InChI=1S/C21H18F6N8O2/c1-11(31-17(36)12-7-13(20(22,23)24)9-14(8-12)21(25,26)27)16-32-15(18(37)30-10-34(2)3)33-35(16)19-28-5-4-6-29-19/h4-11H,1-3H3,(H,31,36). The van der Waals surface area contributed by atoms with E-state index < -0.39 is 52.7 Å². The van der Waals surface area contributed by atoms with Crippen LogP contribution in [0.3, 0.4) is 0 Å². The molecule has 10 nitrogen and oxygen atoms in total. The summed E-state index contributed by atoms with van der Waals surface area (Å²) in [6.45, 7) is 1.33. The summed E-state index contributed by atoms with van der Waals surface area (Å²) in [7, 11) is 3.23. The largest absolute Gasteiger partial charge is 0.416 e. The SMILES string of the molecule is CC(NC(=O)c1cc(C(F)(F)F)cc(C(F)(F)F)c1)c1nc(C(=O)N=CN(C)C)nn1-c1ncccn1. The quantitative estimate of drug-likeness (QED) is 0.296. The van der Waals surface area contributed by atoms with Crippen molar-refractivity contribution in [3.05, 3.63) is 65.0 Å². The Morgan fingerprint density at radius 2 is 1.59 bits per heavy atom. The van der Waals surface area contributed by atoms with E-state index in [1.807, 2.05) is 0 Å². The zero-order valence-corrected chi connectivity index (χ0v) is 19.3. The molecule has 0 aliphatic rings. The summed E-state index contributed by atoms with van der Waals surface area (Å²) in [5, 5.41) is 6.27. The number of nitrogens with zero attached hydrogens (tertiary/aromatic N) is 7. The van der Waals surface area contributed by atoms with Crippen molar-refractivity contribution in [1.82, 2.24) is 34.9 Å². The van der Waals surface area contributed by atoms with Crippen LogP contribution in [0.5, 0.6) is 0 Å². The van der Waals surface area contributed by atoms with Crippen molar-refractivity contribution >= 4 is 18.2 Å². The molecule has 0 saturated heterocycles. The predicted molar refractivity (Wildman–Crippen MR) is 116 cm³/mol. The highest BCUT2D eigenvalue weighted by atomic mass is 19.4. The summed E-state index contributed by atoms with van der Waals surface area (Å²) < 4.78 is 80.1. The van der Waals surface area contributed by atoms with E-state index in [2.05, 4.69) is 30.4 Å². The molecule has 0 saturated carbocycles. The average Bonchev–Trinajstić information content (AvgIpc) is 3.27. The molecule has 2 amide bonds. The number of rotatable bonds is 6. The van der Waals surface area contributed by atoms with Gasteiger partial charge in [-0.3, -0.25) is 9.59 Å². The molecule has 1 atom stereocenters. The second-order valence-corrected chi connectivity index (χ2v) is 7.76. The summed E-state index contributed by atoms with van der Waals surface area (Å²) in [6.07, 6.45) is -6.36. The Hall–Kier alpha value is -4.37. The van der Waals surface area contributed by atoms with Gasteiger partial charge in [0, 0.05) is 32.1 Å². The average molecular weight is 528 g/mol. The first-order valence-electron chi connectivity index (χ1n) is 10.3. The Bertz CT molecular complexity index is 1290. The highest BCUT2D eigenvalue weighted by molar-refractivity contribution is 5.96. The molecule has 0 fully saturated rings. The minimum Gasteiger partial charge on any atom is -0.369 e. The second kappa shape index (κ2) is 10.3. The third-order valence-electron chi connectivity index (χ3n) is 4.56. The van der Waals surface area contributed by atoms with Crippen LogP contribution in [0.4, 0.5) is 26.3 Å². The van der Waals surface area contributed by atoms with Crippen LogP contribution < -0.4 is 5.32 Å². The van der Waals surface area contributed by atoms with Gasteiger partial charge in [-0.2, -0.15) is 36.0 Å². The molecule has 1 aromatic carbocycles. The lowest BCUT2D eigenvalue weighted by Crippen LogP contribution is -2.29. The number of alkyl halides is 6. The van der Waals surface area contributed by atoms with Gasteiger partial charge < -0.3 is 10.2 Å². The van der Waals surface area contributed by atoms with E-state index >= 15 is 0 Å². The van der Waals surface area contributed by atoms with E-state index in [1.54, 1.807) is 14.1 Å². The van der Waals surface area contributed by atoms with Crippen molar-refractivity contribution in [2.45, 2.75) is 25.3 Å². The van der Waals surface area contributed by atoms with E-state index in [-0.39, 0.29) is 17.8 Å². The van der Waals surface area contributed by atoms with Crippen molar-refractivity contribution in [3.63, 3.8) is 0 Å². The first kappa shape index (κ1) is 27.2. The van der Waals surface area contributed by atoms with Gasteiger partial charge in [-0.1, -0.05) is 0 Å². The minimum absolute atomic E-state index is 0.0693. The van der Waals surface area contributed by atoms with Gasteiger partial charge in [-0.05, 0) is 31.2 Å². The Morgan fingerprint density at radius 1 is 1.03 bits per heavy atom. The number of carbonyl (C=O) groups excluding carboxylic acids is 2. The van der Waals surface area contributed by atoms with Crippen LogP contribution in [-0.2, 0) is 12.4 Å². The van der Waals surface area contributed by atoms with Crippen LogP contribution in [0.1, 0.15) is 50.9 Å². The van der Waals surface area contributed by atoms with Crippen molar-refractivity contribution < 1.29 is 35.9 Å². The zero-order valence-electron chi connectivity index (χ0n) is 19.3. The molecule has 2 heterocycles. The molecule has 0 bridgehead atoms. The van der Waals surface area contributed by atoms with E-state index in [0.29, 0.717) is 12.1 Å². The molecule has 0 aliphatic carbocycles. The van der Waals surface area contributed by atoms with Crippen molar-refractivity contribution in [2.75, 3.05) is 14.1 Å². The van der Waals surface area contributed by atoms with Gasteiger partial charge in [-0.15, -0.1) is 5.10 Å². The fourth-order valence-electron chi connectivity index (χ4n) is 2.90. The van der Waals surface area contributed by atoms with Crippen LogP contribution in [0.25, 0.3) is 5.95 Å². The number of hydrogen-bond donors (Lipinski definition) is 1. The van der Waals surface area contributed by atoms with E-state index in [9.17, 15) is 35.9 Å². The number of halogens is 6. The number of carbonyl (C=O) groups is 2. The molecule has 3 aromatic rings. The summed E-state index contributed by atoms with van der Waals surface area (Å²) in [6, 6.07) is 0.827. The van der Waals surface area contributed by atoms with E-state index in [0.717, 1.165) is 4.68 Å². The Kier molecular flexibility index (Phi) is 7.59. The molecule has 0 aliphatic heterocycles. The van der Waals surface area contributed by atoms with Gasteiger partial charge >= 0.3 is 18.3 Å². The first-order valence-corrected chi connectivity index (χ1v) is 10.3. The summed E-state index contributed by atoms with van der Waals surface area (Å²) in [4.78, 5) is 42.2. The van der Waals surface area contributed by atoms with Crippen molar-refractivity contribution in [3.8, 4) is 5.95 Å². The maximum Gasteiger partial charge on any atom is 0.416 e. The Labute approximate surface area is 205 Å². The van der Waals surface area contributed by atoms with Crippen molar-refractivity contribution in [1.29, 1.82) is 0 Å². The van der Waals surface area contributed by atoms with Crippen LogP contribution in [0, 0.1) is 0 Å². The van der Waals surface area contributed by atoms with Gasteiger partial charge in [0.2, 0.25) is 5.82 Å². The molecule has 0 spiro atoms. The molecule has 2 aromatic heterocycles. The topological polar surface area (TPSA) is 118 Å². The number of amides is 2. The maximum atomic E-state index is 13.2. The normalized spacial score (nSPS) is 13.0. The molecule has 37 heavy (non-hydrogen) atoms. The van der Waals surface area contributed by atoms with Crippen LogP contribution in [-0.4, -0.2) is 61.9 Å². The molecule has 16 heteroatoms. The molecule has 0 radical (unpaired) electrons. The molecule has 1 unspecified atom stereocenters. The fraction of sp³-hybridized carbons (Fsp3) is 0.286. The number of aromatic nitrogens is 5. The zero-order chi connectivity index (χ0) is 27.5. The van der Waals surface area contributed by atoms with Gasteiger partial charge in [-0.25, -0.2) is 15.0 Å². The molecular weight excluding hydrogens is 510 g/mol. The van der Waals surface area contributed by atoms with Crippen LogP contribution in [0.2, 0.25) is 0 Å². The minimum atomic E-state index is -5.13. The number of hydrogen-bond acceptors (Lipinski definition) is 6. The van der Waals surface area contributed by atoms with E-state index in [4.69, 9.17) is 0 Å². The summed E-state index contributed by atoms with van der Waals surface area (Å²) >= 11 is 0. The third-order valence-corrected chi connectivity index (χ3v) is 4.56. The molecular formula is C21H18F6N8O2. The lowest BCUT2D eigenvalue weighted by atomic mass is 10.0. The van der Waals surface area contributed by atoms with Gasteiger partial charge in [0.1, 0.15) is 0 Å². The predicted octanol–water partition coefficient (Wildman–Crippen LogP) is 3.32. The van der Waals surface area contributed by atoms with E-state index in [1.165, 1.54) is 36.6 Å².